The van der Waals surface area contributed by atoms with Crippen molar-refractivity contribution < 1.29 is 14.3 Å². The van der Waals surface area contributed by atoms with Crippen LogP contribution in [-0.2, 0) is 11.3 Å². The van der Waals surface area contributed by atoms with E-state index in [2.05, 4.69) is 5.32 Å². The van der Waals surface area contributed by atoms with Gasteiger partial charge in [0.15, 0.2) is 0 Å². The van der Waals surface area contributed by atoms with Crippen LogP contribution in [0.5, 0.6) is 11.5 Å². The first-order valence-electron chi connectivity index (χ1n) is 7.93. The SMILES string of the molecule is Cc1cc(OCCOc2ccc(Cl)cc2CNC(=O)CC#N)ccc1Cl. The van der Waals surface area contributed by atoms with Crippen molar-refractivity contribution >= 4 is 29.1 Å². The zero-order valence-electron chi connectivity index (χ0n) is 14.2. The van der Waals surface area contributed by atoms with Crippen molar-refractivity contribution in [3.8, 4) is 17.6 Å². The topological polar surface area (TPSA) is 71.3 Å². The molecule has 2 rings (SSSR count). The molecule has 5 nitrogen and oxygen atoms in total. The molecule has 0 saturated carbocycles. The molecule has 0 radical (unpaired) electrons. The number of aryl methyl sites for hydroxylation is 1. The number of benzene rings is 2. The Morgan fingerprint density at radius 1 is 1.15 bits per heavy atom. The van der Waals surface area contributed by atoms with Gasteiger partial charge >= 0.3 is 0 Å². The second-order valence-electron chi connectivity index (χ2n) is 5.47. The highest BCUT2D eigenvalue weighted by Gasteiger charge is 2.08. The summed E-state index contributed by atoms with van der Waals surface area (Å²) >= 11 is 12.0. The minimum absolute atomic E-state index is 0.189. The molecule has 136 valence electrons. The normalized spacial score (nSPS) is 10.1. The Morgan fingerprint density at radius 3 is 2.65 bits per heavy atom. The van der Waals surface area contributed by atoms with E-state index in [4.69, 9.17) is 37.9 Å². The largest absolute Gasteiger partial charge is 0.490 e. The van der Waals surface area contributed by atoms with Crippen LogP contribution in [0.1, 0.15) is 17.5 Å². The van der Waals surface area contributed by atoms with Crippen LogP contribution < -0.4 is 14.8 Å². The molecule has 0 aliphatic rings. The van der Waals surface area contributed by atoms with Gasteiger partial charge < -0.3 is 14.8 Å². The van der Waals surface area contributed by atoms with E-state index < -0.39 is 0 Å². The number of hydrogen-bond acceptors (Lipinski definition) is 4. The monoisotopic (exact) mass is 392 g/mol. The summed E-state index contributed by atoms with van der Waals surface area (Å²) in [7, 11) is 0. The Labute approximate surface area is 162 Å². The molecule has 2 aromatic carbocycles. The van der Waals surface area contributed by atoms with Gasteiger partial charge in [0.2, 0.25) is 5.91 Å². The average Bonchev–Trinajstić information content (AvgIpc) is 2.61. The van der Waals surface area contributed by atoms with Gasteiger partial charge in [-0.25, -0.2) is 0 Å². The Morgan fingerprint density at radius 2 is 1.92 bits per heavy atom. The number of halogens is 2. The highest BCUT2D eigenvalue weighted by molar-refractivity contribution is 6.31. The molecular formula is C19H18Cl2N2O3. The van der Waals surface area contributed by atoms with Crippen molar-refractivity contribution in [1.82, 2.24) is 5.32 Å². The summed E-state index contributed by atoms with van der Waals surface area (Å²) in [5.41, 5.74) is 1.67. The molecule has 0 bridgehead atoms. The third-order valence-electron chi connectivity index (χ3n) is 3.48. The van der Waals surface area contributed by atoms with E-state index in [1.807, 2.05) is 13.0 Å². The molecular weight excluding hydrogens is 375 g/mol. The summed E-state index contributed by atoms with van der Waals surface area (Å²) in [6.45, 7) is 2.81. The smallest absolute Gasteiger partial charge is 0.234 e. The maximum absolute atomic E-state index is 11.4. The lowest BCUT2D eigenvalue weighted by Gasteiger charge is -2.13. The zero-order chi connectivity index (χ0) is 18.9. The molecule has 0 saturated heterocycles. The van der Waals surface area contributed by atoms with E-state index in [0.29, 0.717) is 29.0 Å². The Bertz CT molecular complexity index is 819. The van der Waals surface area contributed by atoms with Crippen LogP contribution in [-0.4, -0.2) is 19.1 Å². The molecule has 0 aliphatic carbocycles. The number of carbonyl (C=O) groups is 1. The van der Waals surface area contributed by atoms with Crippen LogP contribution >= 0.6 is 23.2 Å². The molecule has 26 heavy (non-hydrogen) atoms. The molecule has 7 heteroatoms. The van der Waals surface area contributed by atoms with Gasteiger partial charge in [-0.05, 0) is 48.9 Å². The highest BCUT2D eigenvalue weighted by atomic mass is 35.5. The first-order chi connectivity index (χ1) is 12.5. The Kier molecular flexibility index (Phi) is 7.58. The lowest BCUT2D eigenvalue weighted by molar-refractivity contribution is -0.120. The maximum Gasteiger partial charge on any atom is 0.234 e. The summed E-state index contributed by atoms with van der Waals surface area (Å²) in [6, 6.07) is 12.4. The van der Waals surface area contributed by atoms with E-state index in [-0.39, 0.29) is 18.9 Å². The number of rotatable bonds is 8. The molecule has 0 aromatic heterocycles. The van der Waals surface area contributed by atoms with Crippen LogP contribution in [0.2, 0.25) is 10.0 Å². The zero-order valence-corrected chi connectivity index (χ0v) is 15.7. The van der Waals surface area contributed by atoms with Gasteiger partial charge in [0.25, 0.3) is 0 Å². The number of carbonyl (C=O) groups excluding carboxylic acids is 1. The standard InChI is InChI=1S/C19H18Cl2N2O3/c1-13-10-16(3-4-17(13)21)25-8-9-26-18-5-2-15(20)11-14(18)12-23-19(24)6-7-22/h2-5,10-11H,6,8-9,12H2,1H3,(H,23,24). The Hall–Kier alpha value is -2.42. The molecule has 1 amide bonds. The van der Waals surface area contributed by atoms with E-state index >= 15 is 0 Å². The van der Waals surface area contributed by atoms with Crippen molar-refractivity contribution in [2.75, 3.05) is 13.2 Å². The van der Waals surface area contributed by atoms with E-state index in [1.54, 1.807) is 36.4 Å². The number of nitriles is 1. The fraction of sp³-hybridized carbons (Fsp3) is 0.263. The van der Waals surface area contributed by atoms with Crippen molar-refractivity contribution in [1.29, 1.82) is 5.26 Å². The van der Waals surface area contributed by atoms with Gasteiger partial charge in [0.1, 0.15) is 31.1 Å². The van der Waals surface area contributed by atoms with Crippen LogP contribution in [0, 0.1) is 18.3 Å². The number of amides is 1. The second kappa shape index (κ2) is 9.91. The molecule has 0 heterocycles. The predicted octanol–water partition coefficient (Wildman–Crippen LogP) is 4.29. The van der Waals surface area contributed by atoms with Gasteiger partial charge in [0, 0.05) is 22.2 Å². The van der Waals surface area contributed by atoms with Crippen molar-refractivity contribution in [3.05, 3.63) is 57.6 Å². The van der Waals surface area contributed by atoms with Crippen molar-refractivity contribution in [2.45, 2.75) is 19.9 Å². The van der Waals surface area contributed by atoms with Crippen molar-refractivity contribution in [2.24, 2.45) is 0 Å². The van der Waals surface area contributed by atoms with Gasteiger partial charge in [-0.15, -0.1) is 0 Å². The number of hydrogen-bond donors (Lipinski definition) is 1. The quantitative estimate of drug-likeness (QED) is 0.680. The molecule has 0 atom stereocenters. The van der Waals surface area contributed by atoms with Crippen LogP contribution in [0.25, 0.3) is 0 Å². The fourth-order valence-electron chi connectivity index (χ4n) is 2.17. The van der Waals surface area contributed by atoms with Gasteiger partial charge in [0.05, 0.1) is 6.07 Å². The fourth-order valence-corrected chi connectivity index (χ4v) is 2.49. The lowest BCUT2D eigenvalue weighted by atomic mass is 10.2. The van der Waals surface area contributed by atoms with Gasteiger partial charge in [-0.1, -0.05) is 23.2 Å². The highest BCUT2D eigenvalue weighted by Crippen LogP contribution is 2.23. The molecule has 0 aliphatic heterocycles. The molecule has 0 unspecified atom stereocenters. The van der Waals surface area contributed by atoms with Crippen LogP contribution in [0.4, 0.5) is 0 Å². The summed E-state index contributed by atoms with van der Waals surface area (Å²) in [5, 5.41) is 12.4. The summed E-state index contributed by atoms with van der Waals surface area (Å²) in [6.07, 6.45) is -0.189. The minimum Gasteiger partial charge on any atom is -0.490 e. The van der Waals surface area contributed by atoms with E-state index in [0.717, 1.165) is 16.9 Å². The van der Waals surface area contributed by atoms with Gasteiger partial charge in [-0.2, -0.15) is 5.26 Å². The minimum atomic E-state index is -0.347. The molecule has 1 N–H and O–H groups in total. The van der Waals surface area contributed by atoms with Crippen LogP contribution in [0.15, 0.2) is 36.4 Å². The summed E-state index contributed by atoms with van der Waals surface area (Å²) in [4.78, 5) is 11.4. The van der Waals surface area contributed by atoms with E-state index in [1.165, 1.54) is 0 Å². The third kappa shape index (κ3) is 6.14. The lowest BCUT2D eigenvalue weighted by Crippen LogP contribution is -2.22. The van der Waals surface area contributed by atoms with Crippen LogP contribution in [0.3, 0.4) is 0 Å². The molecule has 0 spiro atoms. The average molecular weight is 393 g/mol. The third-order valence-corrected chi connectivity index (χ3v) is 4.14. The number of nitrogens with zero attached hydrogens (tertiary/aromatic N) is 1. The maximum atomic E-state index is 11.4. The number of nitrogens with one attached hydrogen (secondary N) is 1. The van der Waals surface area contributed by atoms with Gasteiger partial charge in [-0.3, -0.25) is 4.79 Å². The van der Waals surface area contributed by atoms with Crippen molar-refractivity contribution in [3.63, 3.8) is 0 Å². The molecule has 0 fully saturated rings. The summed E-state index contributed by atoms with van der Waals surface area (Å²) < 4.78 is 11.4. The Balaban J connectivity index is 1.89. The van der Waals surface area contributed by atoms with E-state index in [9.17, 15) is 4.79 Å². The molecule has 2 aromatic rings. The first-order valence-corrected chi connectivity index (χ1v) is 8.69. The first kappa shape index (κ1) is 19.9. The second-order valence-corrected chi connectivity index (χ2v) is 6.32. The predicted molar refractivity (Wildman–Crippen MR) is 101 cm³/mol. The summed E-state index contributed by atoms with van der Waals surface area (Å²) in [5.74, 6) is 0.970. The number of ether oxygens (including phenoxy) is 2.